The monoisotopic (exact) mass is 229 g/mol. The molecule has 0 N–H and O–H groups in total. The first-order valence-corrected chi connectivity index (χ1v) is 5.95. The zero-order valence-electron chi connectivity index (χ0n) is 9.84. The maximum Gasteiger partial charge on any atom is 0.227 e. The molecule has 4 heteroatoms. The number of fused-ring (bicyclic) bond motifs is 1. The van der Waals surface area contributed by atoms with Gasteiger partial charge in [0.05, 0.1) is 12.4 Å². The lowest BCUT2D eigenvalue weighted by Gasteiger charge is -2.24. The molecule has 17 heavy (non-hydrogen) atoms. The molecule has 0 saturated carbocycles. The molecule has 2 aromatic heterocycles. The summed E-state index contributed by atoms with van der Waals surface area (Å²) in [7, 11) is 0. The summed E-state index contributed by atoms with van der Waals surface area (Å²) in [5, 5.41) is 0. The summed E-state index contributed by atoms with van der Waals surface area (Å²) in [6, 6.07) is 2.36. The maximum absolute atomic E-state index is 11.3. The zero-order chi connectivity index (χ0) is 11.8. The number of carbonyl (C=O) groups is 1. The summed E-state index contributed by atoms with van der Waals surface area (Å²) in [6.45, 7) is 1.58. The van der Waals surface area contributed by atoms with E-state index in [1.165, 1.54) is 17.7 Å². The Bertz CT molecular complexity index is 553. The van der Waals surface area contributed by atoms with Gasteiger partial charge in [0, 0.05) is 31.2 Å². The molecule has 0 aliphatic carbocycles. The molecular weight excluding hydrogens is 214 g/mol. The lowest BCUT2D eigenvalue weighted by Crippen LogP contribution is -2.17. The number of aromatic nitrogens is 3. The Hall–Kier alpha value is -1.84. The Balaban J connectivity index is 1.98. The summed E-state index contributed by atoms with van der Waals surface area (Å²) < 4.78 is 3.86. The van der Waals surface area contributed by atoms with E-state index >= 15 is 0 Å². The van der Waals surface area contributed by atoms with Crippen molar-refractivity contribution in [1.82, 2.24) is 14.1 Å². The third-order valence-corrected chi connectivity index (χ3v) is 3.46. The van der Waals surface area contributed by atoms with Crippen molar-refractivity contribution in [2.75, 3.05) is 0 Å². The van der Waals surface area contributed by atoms with Gasteiger partial charge in [-0.15, -0.1) is 0 Å². The van der Waals surface area contributed by atoms with Gasteiger partial charge in [0.2, 0.25) is 5.91 Å². The number of hydrogen-bond donors (Lipinski definition) is 0. The molecule has 2 aromatic rings. The minimum atomic E-state index is 0.0536. The van der Waals surface area contributed by atoms with Crippen LogP contribution in [0.2, 0.25) is 0 Å². The normalized spacial score (nSPS) is 19.0. The van der Waals surface area contributed by atoms with Gasteiger partial charge < -0.3 is 4.57 Å². The smallest absolute Gasteiger partial charge is 0.227 e. The van der Waals surface area contributed by atoms with Gasteiger partial charge in [-0.3, -0.25) is 9.36 Å². The van der Waals surface area contributed by atoms with Crippen molar-refractivity contribution in [3.05, 3.63) is 42.2 Å². The van der Waals surface area contributed by atoms with Crippen LogP contribution in [0.5, 0.6) is 0 Å². The molecular formula is C13H15N3O. The van der Waals surface area contributed by atoms with Crippen LogP contribution in [0.15, 0.2) is 31.0 Å². The van der Waals surface area contributed by atoms with E-state index in [0.717, 1.165) is 12.8 Å². The van der Waals surface area contributed by atoms with E-state index in [1.807, 2.05) is 31.0 Å². The van der Waals surface area contributed by atoms with Crippen LogP contribution in [0.3, 0.4) is 0 Å². The number of carbonyl (C=O) groups excluding carboxylic acids is 1. The lowest BCUT2D eigenvalue weighted by atomic mass is 9.98. The fourth-order valence-electron chi connectivity index (χ4n) is 2.56. The molecule has 0 radical (unpaired) electrons. The average Bonchev–Trinajstić information content (AvgIpc) is 2.97. The highest BCUT2D eigenvalue weighted by Crippen LogP contribution is 2.30. The number of rotatable bonds is 1. The van der Waals surface area contributed by atoms with Gasteiger partial charge in [-0.2, -0.15) is 0 Å². The lowest BCUT2D eigenvalue weighted by molar-refractivity contribution is 0.0936. The van der Waals surface area contributed by atoms with Crippen molar-refractivity contribution in [3.8, 4) is 0 Å². The second kappa shape index (κ2) is 3.87. The minimum Gasteiger partial charge on any atom is -0.327 e. The van der Waals surface area contributed by atoms with Gasteiger partial charge in [-0.1, -0.05) is 0 Å². The molecule has 0 spiro atoms. The van der Waals surface area contributed by atoms with Crippen LogP contribution in [0, 0.1) is 0 Å². The largest absolute Gasteiger partial charge is 0.327 e. The Morgan fingerprint density at radius 3 is 3.18 bits per heavy atom. The van der Waals surface area contributed by atoms with Gasteiger partial charge in [0.25, 0.3) is 0 Å². The molecule has 1 unspecified atom stereocenters. The summed E-state index contributed by atoms with van der Waals surface area (Å²) in [5.41, 5.74) is 2.48. The van der Waals surface area contributed by atoms with Crippen LogP contribution in [-0.4, -0.2) is 20.0 Å². The molecule has 1 aliphatic rings. The van der Waals surface area contributed by atoms with Crippen molar-refractivity contribution >= 4 is 5.91 Å². The molecule has 0 aromatic carbocycles. The summed E-state index contributed by atoms with van der Waals surface area (Å²) in [6.07, 6.45) is 11.0. The SMILES string of the molecule is CC(=O)n1ccc(C2CCCc3cncn32)c1. The Morgan fingerprint density at radius 2 is 2.41 bits per heavy atom. The highest BCUT2D eigenvalue weighted by molar-refractivity contribution is 5.76. The third-order valence-electron chi connectivity index (χ3n) is 3.46. The number of hydrogen-bond acceptors (Lipinski definition) is 2. The van der Waals surface area contributed by atoms with Crippen molar-refractivity contribution in [2.24, 2.45) is 0 Å². The van der Waals surface area contributed by atoms with E-state index < -0.39 is 0 Å². The second-order valence-electron chi connectivity index (χ2n) is 4.57. The van der Waals surface area contributed by atoms with Crippen LogP contribution < -0.4 is 0 Å². The van der Waals surface area contributed by atoms with Crippen LogP contribution in [-0.2, 0) is 6.42 Å². The molecule has 3 heterocycles. The topological polar surface area (TPSA) is 39.8 Å². The van der Waals surface area contributed by atoms with Crippen LogP contribution in [0.4, 0.5) is 0 Å². The average molecular weight is 229 g/mol. The quantitative estimate of drug-likeness (QED) is 0.752. The summed E-state index contributed by atoms with van der Waals surface area (Å²) in [4.78, 5) is 15.5. The minimum absolute atomic E-state index is 0.0536. The highest BCUT2D eigenvalue weighted by atomic mass is 16.1. The van der Waals surface area contributed by atoms with Crippen LogP contribution >= 0.6 is 0 Å². The van der Waals surface area contributed by atoms with Gasteiger partial charge in [0.1, 0.15) is 0 Å². The Morgan fingerprint density at radius 1 is 1.53 bits per heavy atom. The first kappa shape index (κ1) is 10.3. The first-order valence-electron chi connectivity index (χ1n) is 5.95. The molecule has 88 valence electrons. The van der Waals surface area contributed by atoms with E-state index in [1.54, 1.807) is 11.5 Å². The summed E-state index contributed by atoms with van der Waals surface area (Å²) in [5.74, 6) is 0.0536. The van der Waals surface area contributed by atoms with Crippen LogP contribution in [0.1, 0.15) is 41.9 Å². The van der Waals surface area contributed by atoms with Crippen molar-refractivity contribution in [2.45, 2.75) is 32.2 Å². The van der Waals surface area contributed by atoms with Gasteiger partial charge in [0.15, 0.2) is 0 Å². The van der Waals surface area contributed by atoms with Crippen molar-refractivity contribution < 1.29 is 4.79 Å². The molecule has 1 aliphatic heterocycles. The predicted molar refractivity (Wildman–Crippen MR) is 64.0 cm³/mol. The molecule has 0 fully saturated rings. The van der Waals surface area contributed by atoms with E-state index in [4.69, 9.17) is 0 Å². The van der Waals surface area contributed by atoms with Crippen molar-refractivity contribution in [3.63, 3.8) is 0 Å². The number of imidazole rings is 1. The van der Waals surface area contributed by atoms with Gasteiger partial charge >= 0.3 is 0 Å². The molecule has 4 nitrogen and oxygen atoms in total. The van der Waals surface area contributed by atoms with E-state index in [0.29, 0.717) is 6.04 Å². The Kier molecular flexibility index (Phi) is 2.35. The van der Waals surface area contributed by atoms with Crippen LogP contribution in [0.25, 0.3) is 0 Å². The first-order chi connectivity index (χ1) is 8.25. The maximum atomic E-state index is 11.3. The van der Waals surface area contributed by atoms with E-state index in [9.17, 15) is 4.79 Å². The second-order valence-corrected chi connectivity index (χ2v) is 4.57. The van der Waals surface area contributed by atoms with Gasteiger partial charge in [-0.05, 0) is 30.9 Å². The number of aryl methyl sites for hydroxylation is 1. The summed E-state index contributed by atoms with van der Waals surface area (Å²) >= 11 is 0. The predicted octanol–water partition coefficient (Wildman–Crippen LogP) is 2.27. The Labute approximate surface area is 99.9 Å². The molecule has 0 amide bonds. The van der Waals surface area contributed by atoms with E-state index in [2.05, 4.69) is 9.55 Å². The molecule has 0 bridgehead atoms. The van der Waals surface area contributed by atoms with Crippen molar-refractivity contribution in [1.29, 1.82) is 0 Å². The fourth-order valence-corrected chi connectivity index (χ4v) is 2.56. The molecule has 1 atom stereocenters. The highest BCUT2D eigenvalue weighted by Gasteiger charge is 2.21. The fraction of sp³-hybridized carbons (Fsp3) is 0.385. The number of nitrogens with zero attached hydrogens (tertiary/aromatic N) is 3. The molecule has 0 saturated heterocycles. The zero-order valence-corrected chi connectivity index (χ0v) is 9.84. The van der Waals surface area contributed by atoms with E-state index in [-0.39, 0.29) is 5.91 Å². The third kappa shape index (κ3) is 1.69. The standard InChI is InChI=1S/C13H15N3O/c1-10(17)15-6-5-11(8-15)13-4-2-3-12-7-14-9-16(12)13/h5-9,13H,2-4H2,1H3. The van der Waals surface area contributed by atoms with Gasteiger partial charge in [-0.25, -0.2) is 4.98 Å². The molecule has 3 rings (SSSR count).